The van der Waals surface area contributed by atoms with E-state index in [2.05, 4.69) is 4.74 Å². The van der Waals surface area contributed by atoms with Crippen molar-refractivity contribution in [2.24, 2.45) is 0 Å². The summed E-state index contributed by atoms with van der Waals surface area (Å²) in [5.74, 6) is -0.833. The molecule has 0 rings (SSSR count). The van der Waals surface area contributed by atoms with E-state index in [1.54, 1.807) is 6.92 Å². The van der Waals surface area contributed by atoms with Gasteiger partial charge in [0.1, 0.15) is 0 Å². The first-order chi connectivity index (χ1) is 4.50. The number of carboxylic acid groups (broad SMARTS) is 2. The molecule has 0 aliphatic carbocycles. The van der Waals surface area contributed by atoms with Crippen molar-refractivity contribution >= 4 is 12.1 Å². The van der Waals surface area contributed by atoms with Crippen molar-refractivity contribution in [1.29, 1.82) is 0 Å². The molecular weight excluding hydrogens is 140 g/mol. The quantitative estimate of drug-likeness (QED) is 0.540. The minimum Gasteiger partial charge on any atom is -0.481 e. The largest absolute Gasteiger partial charge is 0.505 e. The molecule has 0 amide bonds. The zero-order valence-electron chi connectivity index (χ0n) is 5.83. The van der Waals surface area contributed by atoms with E-state index in [0.29, 0.717) is 0 Å². The van der Waals surface area contributed by atoms with E-state index in [9.17, 15) is 4.79 Å². The van der Waals surface area contributed by atoms with Gasteiger partial charge in [-0.1, -0.05) is 0 Å². The van der Waals surface area contributed by atoms with Crippen molar-refractivity contribution in [2.45, 2.75) is 13.8 Å². The van der Waals surface area contributed by atoms with E-state index in [1.807, 2.05) is 0 Å². The van der Waals surface area contributed by atoms with Crippen LogP contribution in [-0.4, -0.2) is 28.9 Å². The second kappa shape index (κ2) is 7.74. The lowest BCUT2D eigenvalue weighted by molar-refractivity contribution is -0.134. The first-order valence-corrected chi connectivity index (χ1v) is 2.56. The van der Waals surface area contributed by atoms with E-state index in [1.165, 1.54) is 0 Å². The van der Waals surface area contributed by atoms with Crippen molar-refractivity contribution < 1.29 is 24.5 Å². The summed E-state index contributed by atoms with van der Waals surface area (Å²) in [5, 5.41) is 15.1. The van der Waals surface area contributed by atoms with Gasteiger partial charge in [0, 0.05) is 6.92 Å². The van der Waals surface area contributed by atoms with E-state index >= 15 is 0 Å². The highest BCUT2D eigenvalue weighted by molar-refractivity contribution is 5.62. The lowest BCUT2D eigenvalue weighted by Gasteiger charge is -1.87. The Kier molecular flexibility index (Phi) is 8.92. The van der Waals surface area contributed by atoms with Crippen LogP contribution < -0.4 is 0 Å². The van der Waals surface area contributed by atoms with Crippen LogP contribution in [0.1, 0.15) is 13.8 Å². The normalized spacial score (nSPS) is 7.00. The molecule has 0 aliphatic rings. The molecule has 0 fully saturated rings. The second-order valence-electron chi connectivity index (χ2n) is 1.22. The highest BCUT2D eigenvalue weighted by atomic mass is 16.7. The maximum Gasteiger partial charge on any atom is 0.505 e. The van der Waals surface area contributed by atoms with E-state index in [0.717, 1.165) is 6.92 Å². The summed E-state index contributed by atoms with van der Waals surface area (Å²) in [5.41, 5.74) is 0. The molecule has 0 saturated carbocycles. The molecule has 0 aromatic heterocycles. The summed E-state index contributed by atoms with van der Waals surface area (Å²) in [6.45, 7) is 2.93. The Hall–Kier alpha value is -1.26. The lowest BCUT2D eigenvalue weighted by Crippen LogP contribution is -1.97. The number of rotatable bonds is 1. The van der Waals surface area contributed by atoms with Crippen molar-refractivity contribution in [1.82, 2.24) is 0 Å². The Balaban J connectivity index is 0. The minimum absolute atomic E-state index is 0.231. The minimum atomic E-state index is -1.21. The van der Waals surface area contributed by atoms with Crippen LogP contribution in [0.25, 0.3) is 0 Å². The summed E-state index contributed by atoms with van der Waals surface area (Å²) in [4.78, 5) is 18.4. The molecule has 10 heavy (non-hydrogen) atoms. The van der Waals surface area contributed by atoms with E-state index in [-0.39, 0.29) is 6.61 Å². The van der Waals surface area contributed by atoms with Gasteiger partial charge in [0.05, 0.1) is 6.61 Å². The van der Waals surface area contributed by atoms with Crippen LogP contribution in [0.5, 0.6) is 0 Å². The van der Waals surface area contributed by atoms with Gasteiger partial charge in [0.25, 0.3) is 5.97 Å². The van der Waals surface area contributed by atoms with Gasteiger partial charge in [-0.05, 0) is 6.92 Å². The highest BCUT2D eigenvalue weighted by Gasteiger charge is 1.86. The Morgan fingerprint density at radius 2 is 1.70 bits per heavy atom. The molecule has 0 atom stereocenters. The standard InChI is InChI=1S/C3H6O3.C2H4O2/c1-2-6-3(4)5;1-2(3)4/h2H2,1H3,(H,4,5);1H3,(H,3,4). The van der Waals surface area contributed by atoms with Crippen LogP contribution in [0.15, 0.2) is 0 Å². The fourth-order valence-corrected chi connectivity index (χ4v) is 0.123. The molecule has 0 aliphatic heterocycles. The predicted octanol–water partition coefficient (Wildman–Crippen LogP) is 0.792. The van der Waals surface area contributed by atoms with Crippen molar-refractivity contribution in [3.05, 3.63) is 0 Å². The Bertz CT molecular complexity index is 105. The molecule has 0 bridgehead atoms. The number of ether oxygens (including phenoxy) is 1. The third-order valence-electron chi connectivity index (χ3n) is 0.268. The van der Waals surface area contributed by atoms with Crippen molar-refractivity contribution in [3.8, 4) is 0 Å². The van der Waals surface area contributed by atoms with Gasteiger partial charge in [-0.15, -0.1) is 0 Å². The highest BCUT2D eigenvalue weighted by Crippen LogP contribution is 1.69. The second-order valence-corrected chi connectivity index (χ2v) is 1.22. The van der Waals surface area contributed by atoms with Crippen LogP contribution in [0.3, 0.4) is 0 Å². The van der Waals surface area contributed by atoms with E-state index in [4.69, 9.17) is 15.0 Å². The summed E-state index contributed by atoms with van der Waals surface area (Å²) in [6.07, 6.45) is -1.21. The third kappa shape index (κ3) is 73.3. The van der Waals surface area contributed by atoms with Gasteiger partial charge in [-0.3, -0.25) is 4.79 Å². The van der Waals surface area contributed by atoms with E-state index < -0.39 is 12.1 Å². The molecule has 0 aromatic carbocycles. The molecule has 0 spiro atoms. The number of hydrogen-bond acceptors (Lipinski definition) is 3. The van der Waals surface area contributed by atoms with Crippen molar-refractivity contribution in [2.75, 3.05) is 6.61 Å². The fraction of sp³-hybridized carbons (Fsp3) is 0.600. The first-order valence-electron chi connectivity index (χ1n) is 2.56. The Morgan fingerprint density at radius 3 is 1.70 bits per heavy atom. The summed E-state index contributed by atoms with van der Waals surface area (Å²) >= 11 is 0. The van der Waals surface area contributed by atoms with Crippen molar-refractivity contribution in [3.63, 3.8) is 0 Å². The van der Waals surface area contributed by atoms with Gasteiger partial charge in [0.15, 0.2) is 0 Å². The smallest absolute Gasteiger partial charge is 0.481 e. The van der Waals surface area contributed by atoms with Gasteiger partial charge >= 0.3 is 6.16 Å². The zero-order valence-corrected chi connectivity index (χ0v) is 5.83. The predicted molar refractivity (Wildman–Crippen MR) is 33.0 cm³/mol. The molecule has 5 nitrogen and oxygen atoms in total. The van der Waals surface area contributed by atoms with Crippen LogP contribution in [-0.2, 0) is 9.53 Å². The molecule has 60 valence electrons. The summed E-state index contributed by atoms with van der Waals surface area (Å²) < 4.78 is 3.96. The summed E-state index contributed by atoms with van der Waals surface area (Å²) in [7, 11) is 0. The molecule has 5 heteroatoms. The zero-order chi connectivity index (χ0) is 8.57. The van der Waals surface area contributed by atoms with Gasteiger partial charge < -0.3 is 14.9 Å². The van der Waals surface area contributed by atoms with Crippen LogP contribution in [0.4, 0.5) is 4.79 Å². The molecule has 0 radical (unpaired) electrons. The number of hydrogen-bond donors (Lipinski definition) is 2. The molecular formula is C5H10O5. The van der Waals surface area contributed by atoms with Gasteiger partial charge in [-0.2, -0.15) is 0 Å². The average molecular weight is 150 g/mol. The molecule has 2 N–H and O–H groups in total. The van der Waals surface area contributed by atoms with Gasteiger partial charge in [-0.25, -0.2) is 4.79 Å². The lowest BCUT2D eigenvalue weighted by atomic mass is 10.9. The molecule has 0 aromatic rings. The maximum absolute atomic E-state index is 9.38. The molecule has 0 heterocycles. The topological polar surface area (TPSA) is 83.8 Å². The number of carbonyl (C=O) groups is 2. The maximum atomic E-state index is 9.38. The number of aliphatic carboxylic acids is 1. The van der Waals surface area contributed by atoms with Gasteiger partial charge in [0.2, 0.25) is 0 Å². The Labute approximate surface area is 58.2 Å². The average Bonchev–Trinajstić information content (AvgIpc) is 1.62. The monoisotopic (exact) mass is 150 g/mol. The fourth-order valence-electron chi connectivity index (χ4n) is 0.123. The third-order valence-corrected chi connectivity index (χ3v) is 0.268. The SMILES string of the molecule is CC(=O)O.CCOC(=O)O. The Morgan fingerprint density at radius 1 is 1.40 bits per heavy atom. The molecule has 0 saturated heterocycles. The van der Waals surface area contributed by atoms with Crippen LogP contribution in [0.2, 0.25) is 0 Å². The summed E-state index contributed by atoms with van der Waals surface area (Å²) in [6, 6.07) is 0. The van der Waals surface area contributed by atoms with Crippen LogP contribution >= 0.6 is 0 Å². The molecule has 0 unspecified atom stereocenters. The first kappa shape index (κ1) is 11.5. The number of carboxylic acids is 1. The van der Waals surface area contributed by atoms with Crippen LogP contribution in [0, 0.1) is 0 Å².